The van der Waals surface area contributed by atoms with Gasteiger partial charge in [-0.2, -0.15) is 0 Å². The molecule has 0 aromatic heterocycles. The number of benzene rings is 2. The first-order chi connectivity index (χ1) is 11.1. The number of fused-ring (bicyclic) bond motifs is 1. The average Bonchev–Trinajstić information content (AvgIpc) is 2.56. The maximum absolute atomic E-state index is 13.6. The number of aryl methyl sites for hydroxylation is 1. The minimum absolute atomic E-state index is 0.151. The molecule has 23 heavy (non-hydrogen) atoms. The molecule has 0 bridgehead atoms. The van der Waals surface area contributed by atoms with Gasteiger partial charge in [0.15, 0.2) is 11.6 Å². The summed E-state index contributed by atoms with van der Waals surface area (Å²) < 4.78 is 32.2. The van der Waals surface area contributed by atoms with Gasteiger partial charge in [0.2, 0.25) is 5.91 Å². The Balaban J connectivity index is 1.88. The molecule has 0 saturated carbocycles. The number of rotatable bonds is 3. The topological polar surface area (TPSA) is 29.5 Å². The van der Waals surface area contributed by atoms with Crippen molar-refractivity contribution in [1.82, 2.24) is 0 Å². The highest BCUT2D eigenvalue weighted by Gasteiger charge is 2.25. The Kier molecular flexibility index (Phi) is 4.28. The van der Waals surface area contributed by atoms with Gasteiger partial charge in [-0.1, -0.05) is 18.2 Å². The SMILES string of the molecule is COc1ccccc1CC(=O)N1CCCc2cc(F)c(F)cc21. The van der Waals surface area contributed by atoms with Gasteiger partial charge in [-0.15, -0.1) is 0 Å². The number of para-hydroxylation sites is 1. The van der Waals surface area contributed by atoms with Crippen LogP contribution in [0.2, 0.25) is 0 Å². The molecule has 0 N–H and O–H groups in total. The van der Waals surface area contributed by atoms with Crippen molar-refractivity contribution >= 4 is 11.6 Å². The van der Waals surface area contributed by atoms with Gasteiger partial charge in [0.05, 0.1) is 13.5 Å². The van der Waals surface area contributed by atoms with Crippen LogP contribution in [0.3, 0.4) is 0 Å². The monoisotopic (exact) mass is 317 g/mol. The Bertz CT molecular complexity index is 746. The van der Waals surface area contributed by atoms with E-state index in [1.54, 1.807) is 13.2 Å². The number of hydrogen-bond donors (Lipinski definition) is 0. The summed E-state index contributed by atoms with van der Waals surface area (Å²) in [5, 5.41) is 0. The van der Waals surface area contributed by atoms with Crippen LogP contribution in [0.25, 0.3) is 0 Å². The van der Waals surface area contributed by atoms with Crippen molar-refractivity contribution in [3.8, 4) is 5.75 Å². The Morgan fingerprint density at radius 3 is 2.74 bits per heavy atom. The molecule has 1 amide bonds. The average molecular weight is 317 g/mol. The maximum Gasteiger partial charge on any atom is 0.231 e. The molecule has 1 heterocycles. The van der Waals surface area contributed by atoms with E-state index in [-0.39, 0.29) is 12.3 Å². The highest BCUT2D eigenvalue weighted by molar-refractivity contribution is 5.96. The smallest absolute Gasteiger partial charge is 0.231 e. The van der Waals surface area contributed by atoms with Gasteiger partial charge in [0, 0.05) is 23.9 Å². The van der Waals surface area contributed by atoms with Crippen molar-refractivity contribution < 1.29 is 18.3 Å². The molecule has 0 spiro atoms. The Morgan fingerprint density at radius 1 is 1.22 bits per heavy atom. The molecule has 0 radical (unpaired) electrons. The first-order valence-corrected chi connectivity index (χ1v) is 7.50. The number of amides is 1. The normalized spacial score (nSPS) is 13.6. The van der Waals surface area contributed by atoms with Crippen LogP contribution in [0, 0.1) is 11.6 Å². The van der Waals surface area contributed by atoms with E-state index in [0.29, 0.717) is 30.0 Å². The summed E-state index contributed by atoms with van der Waals surface area (Å²) in [4.78, 5) is 14.2. The second-order valence-corrected chi connectivity index (χ2v) is 5.53. The fraction of sp³-hybridized carbons (Fsp3) is 0.278. The van der Waals surface area contributed by atoms with E-state index in [2.05, 4.69) is 0 Å². The van der Waals surface area contributed by atoms with Crippen LogP contribution in [0.4, 0.5) is 14.5 Å². The van der Waals surface area contributed by atoms with Crippen LogP contribution in [-0.2, 0) is 17.6 Å². The second kappa shape index (κ2) is 6.36. The van der Waals surface area contributed by atoms with Gasteiger partial charge < -0.3 is 9.64 Å². The van der Waals surface area contributed by atoms with Crippen molar-refractivity contribution in [2.75, 3.05) is 18.6 Å². The highest BCUT2D eigenvalue weighted by atomic mass is 19.2. The van der Waals surface area contributed by atoms with Crippen LogP contribution in [0.5, 0.6) is 5.75 Å². The predicted molar refractivity (Wildman–Crippen MR) is 83.7 cm³/mol. The van der Waals surface area contributed by atoms with E-state index in [1.165, 1.54) is 11.0 Å². The molecular formula is C18H17F2NO2. The quantitative estimate of drug-likeness (QED) is 0.867. The lowest BCUT2D eigenvalue weighted by molar-refractivity contribution is -0.118. The van der Waals surface area contributed by atoms with Crippen molar-refractivity contribution in [3.63, 3.8) is 0 Å². The fourth-order valence-electron chi connectivity index (χ4n) is 2.94. The van der Waals surface area contributed by atoms with E-state index in [1.807, 2.05) is 18.2 Å². The maximum atomic E-state index is 13.6. The summed E-state index contributed by atoms with van der Waals surface area (Å²) in [6.07, 6.45) is 1.53. The summed E-state index contributed by atoms with van der Waals surface area (Å²) in [5.74, 6) is -1.31. The summed E-state index contributed by atoms with van der Waals surface area (Å²) in [5.41, 5.74) is 1.91. The van der Waals surface area contributed by atoms with E-state index in [4.69, 9.17) is 4.74 Å². The molecule has 0 atom stereocenters. The van der Waals surface area contributed by atoms with Crippen LogP contribution in [0.1, 0.15) is 17.5 Å². The molecular weight excluding hydrogens is 300 g/mol. The van der Waals surface area contributed by atoms with Gasteiger partial charge in [0.1, 0.15) is 5.75 Å². The molecule has 3 nitrogen and oxygen atoms in total. The summed E-state index contributed by atoms with van der Waals surface area (Å²) in [6, 6.07) is 9.59. The van der Waals surface area contributed by atoms with Crippen molar-refractivity contribution in [3.05, 3.63) is 59.2 Å². The molecule has 2 aromatic rings. The van der Waals surface area contributed by atoms with Crippen LogP contribution in [0.15, 0.2) is 36.4 Å². The standard InChI is InChI=1S/C18H17F2NO2/c1-23-17-7-3-2-5-13(17)10-18(22)21-8-4-6-12-9-14(19)15(20)11-16(12)21/h2-3,5,7,9,11H,4,6,8,10H2,1H3. The minimum Gasteiger partial charge on any atom is -0.496 e. The van der Waals surface area contributed by atoms with Gasteiger partial charge in [0.25, 0.3) is 0 Å². The highest BCUT2D eigenvalue weighted by Crippen LogP contribution is 2.30. The lowest BCUT2D eigenvalue weighted by Crippen LogP contribution is -2.36. The zero-order chi connectivity index (χ0) is 16.4. The van der Waals surface area contributed by atoms with Gasteiger partial charge >= 0.3 is 0 Å². The summed E-state index contributed by atoms with van der Waals surface area (Å²) in [7, 11) is 1.55. The zero-order valence-corrected chi connectivity index (χ0v) is 12.8. The van der Waals surface area contributed by atoms with Gasteiger partial charge in [-0.25, -0.2) is 8.78 Å². The number of hydrogen-bond acceptors (Lipinski definition) is 2. The Labute approximate surface area is 133 Å². The molecule has 0 unspecified atom stereocenters. The van der Waals surface area contributed by atoms with E-state index < -0.39 is 11.6 Å². The zero-order valence-electron chi connectivity index (χ0n) is 12.8. The largest absolute Gasteiger partial charge is 0.496 e. The van der Waals surface area contributed by atoms with E-state index in [9.17, 15) is 13.6 Å². The molecule has 0 fully saturated rings. The Morgan fingerprint density at radius 2 is 1.96 bits per heavy atom. The molecule has 3 rings (SSSR count). The number of carbonyl (C=O) groups is 1. The molecule has 0 aliphatic carbocycles. The number of methoxy groups -OCH3 is 1. The number of nitrogens with zero attached hydrogens (tertiary/aromatic N) is 1. The fourth-order valence-corrected chi connectivity index (χ4v) is 2.94. The van der Waals surface area contributed by atoms with E-state index >= 15 is 0 Å². The summed E-state index contributed by atoms with van der Waals surface area (Å²) >= 11 is 0. The number of ether oxygens (including phenoxy) is 1. The van der Waals surface area contributed by atoms with Crippen molar-refractivity contribution in [2.45, 2.75) is 19.3 Å². The van der Waals surface area contributed by atoms with E-state index in [0.717, 1.165) is 18.1 Å². The van der Waals surface area contributed by atoms with Crippen LogP contribution >= 0.6 is 0 Å². The van der Waals surface area contributed by atoms with Crippen molar-refractivity contribution in [2.24, 2.45) is 0 Å². The predicted octanol–water partition coefficient (Wildman–Crippen LogP) is 3.50. The van der Waals surface area contributed by atoms with Crippen LogP contribution < -0.4 is 9.64 Å². The molecule has 0 saturated heterocycles. The number of anilines is 1. The molecule has 2 aromatic carbocycles. The van der Waals surface area contributed by atoms with Crippen LogP contribution in [-0.4, -0.2) is 19.6 Å². The first-order valence-electron chi connectivity index (χ1n) is 7.50. The van der Waals surface area contributed by atoms with Gasteiger partial charge in [-0.05, 0) is 30.5 Å². The first kappa shape index (κ1) is 15.5. The Hall–Kier alpha value is -2.43. The lowest BCUT2D eigenvalue weighted by atomic mass is 10.00. The number of carbonyl (C=O) groups excluding carboxylic acids is 1. The number of halogens is 2. The van der Waals surface area contributed by atoms with Gasteiger partial charge in [-0.3, -0.25) is 4.79 Å². The molecule has 1 aliphatic heterocycles. The molecule has 1 aliphatic rings. The third-order valence-corrected chi connectivity index (χ3v) is 4.08. The minimum atomic E-state index is -0.930. The third-order valence-electron chi connectivity index (χ3n) is 4.08. The molecule has 5 heteroatoms. The molecule has 120 valence electrons. The van der Waals surface area contributed by atoms with Crippen molar-refractivity contribution in [1.29, 1.82) is 0 Å². The third kappa shape index (κ3) is 3.04. The second-order valence-electron chi connectivity index (χ2n) is 5.53. The lowest BCUT2D eigenvalue weighted by Gasteiger charge is -2.30. The summed E-state index contributed by atoms with van der Waals surface area (Å²) in [6.45, 7) is 0.506.